The van der Waals surface area contributed by atoms with Crippen LogP contribution in [0.15, 0.2) is 60.3 Å². The van der Waals surface area contributed by atoms with Crippen LogP contribution in [-0.2, 0) is 9.59 Å². The lowest BCUT2D eigenvalue weighted by Gasteiger charge is -2.39. The molecule has 0 aliphatic carbocycles. The summed E-state index contributed by atoms with van der Waals surface area (Å²) in [4.78, 5) is 46.5. The molecule has 3 aliphatic heterocycles. The molecule has 1 N–H and O–H groups in total. The molecule has 2 saturated heterocycles. The number of benzene rings is 2. The molecule has 0 radical (unpaired) electrons. The predicted molar refractivity (Wildman–Crippen MR) is 133 cm³/mol. The number of ether oxygens (including phenoxy) is 1. The maximum Gasteiger partial charge on any atom is 0.329 e. The number of carbonyl (C=O) groups excluding carboxylic acids is 3. The first-order chi connectivity index (χ1) is 16.9. The monoisotopic (exact) mass is 495 g/mol. The highest BCUT2D eigenvalue weighted by Gasteiger charge is 2.50. The largest absolute Gasteiger partial charge is 0.497 e. The molecular formula is C25H26ClN5O4. The van der Waals surface area contributed by atoms with E-state index in [-0.39, 0.29) is 11.8 Å². The van der Waals surface area contributed by atoms with Crippen LogP contribution in [0.25, 0.3) is 0 Å². The lowest BCUT2D eigenvalue weighted by Crippen LogP contribution is -2.65. The van der Waals surface area contributed by atoms with Gasteiger partial charge >= 0.3 is 6.03 Å². The Balaban J connectivity index is 1.27. The summed E-state index contributed by atoms with van der Waals surface area (Å²) in [5.41, 5.74) is 1.93. The van der Waals surface area contributed by atoms with Crippen LogP contribution in [0, 0.1) is 0 Å². The molecule has 182 valence electrons. The molecular weight excluding hydrogens is 470 g/mol. The second kappa shape index (κ2) is 9.14. The van der Waals surface area contributed by atoms with Gasteiger partial charge in [0.1, 0.15) is 11.8 Å². The fourth-order valence-corrected chi connectivity index (χ4v) is 4.98. The lowest BCUT2D eigenvalue weighted by molar-refractivity contribution is -0.127. The van der Waals surface area contributed by atoms with Gasteiger partial charge in [0.05, 0.1) is 24.4 Å². The van der Waals surface area contributed by atoms with Crippen molar-refractivity contribution in [2.75, 3.05) is 50.1 Å². The quantitative estimate of drug-likeness (QED) is 0.700. The van der Waals surface area contributed by atoms with Crippen molar-refractivity contribution < 1.29 is 19.1 Å². The van der Waals surface area contributed by atoms with Crippen LogP contribution in [0.4, 0.5) is 16.2 Å². The number of methoxy groups -OCH3 is 1. The Morgan fingerprint density at radius 1 is 0.971 bits per heavy atom. The van der Waals surface area contributed by atoms with Gasteiger partial charge in [0.25, 0.3) is 11.8 Å². The van der Waals surface area contributed by atoms with Gasteiger partial charge in [-0.05, 0) is 48.5 Å². The summed E-state index contributed by atoms with van der Waals surface area (Å²) in [5.74, 6) is 0.256. The minimum absolute atomic E-state index is 0.160. The predicted octanol–water partition coefficient (Wildman–Crippen LogP) is 2.32. The summed E-state index contributed by atoms with van der Waals surface area (Å²) in [5, 5.41) is 3.38. The number of carbonyl (C=O) groups is 3. The molecule has 0 saturated carbocycles. The van der Waals surface area contributed by atoms with Crippen LogP contribution < -0.4 is 19.9 Å². The fraction of sp³-hybridized carbons (Fsp3) is 0.320. The number of amides is 4. The molecule has 2 aromatic rings. The van der Waals surface area contributed by atoms with Gasteiger partial charge in [0.2, 0.25) is 0 Å². The summed E-state index contributed by atoms with van der Waals surface area (Å²) >= 11 is 5.95. The van der Waals surface area contributed by atoms with Gasteiger partial charge < -0.3 is 24.8 Å². The van der Waals surface area contributed by atoms with Crippen molar-refractivity contribution in [1.29, 1.82) is 0 Å². The number of nitrogens with one attached hydrogen (secondary N) is 1. The third-order valence-corrected chi connectivity index (χ3v) is 6.98. The van der Waals surface area contributed by atoms with Crippen LogP contribution in [0.5, 0.6) is 5.75 Å². The van der Waals surface area contributed by atoms with Gasteiger partial charge in [-0.1, -0.05) is 11.6 Å². The average Bonchev–Trinajstić information content (AvgIpc) is 3.21. The van der Waals surface area contributed by atoms with Crippen molar-refractivity contribution in [2.45, 2.75) is 12.1 Å². The molecule has 35 heavy (non-hydrogen) atoms. The zero-order valence-corrected chi connectivity index (χ0v) is 20.2. The number of rotatable bonds is 4. The third-order valence-electron chi connectivity index (χ3n) is 6.72. The van der Waals surface area contributed by atoms with Crippen LogP contribution in [-0.4, -0.2) is 80.1 Å². The Kier molecular flexibility index (Phi) is 6.02. The molecule has 0 bridgehead atoms. The van der Waals surface area contributed by atoms with Crippen molar-refractivity contribution in [3.05, 3.63) is 65.3 Å². The van der Waals surface area contributed by atoms with Crippen LogP contribution in [0.2, 0.25) is 5.02 Å². The van der Waals surface area contributed by atoms with E-state index >= 15 is 0 Å². The number of urea groups is 1. The first-order valence-electron chi connectivity index (χ1n) is 11.4. The average molecular weight is 496 g/mol. The van der Waals surface area contributed by atoms with Crippen molar-refractivity contribution in [2.24, 2.45) is 0 Å². The van der Waals surface area contributed by atoms with Crippen molar-refractivity contribution >= 4 is 40.8 Å². The van der Waals surface area contributed by atoms with Crippen LogP contribution >= 0.6 is 11.6 Å². The third kappa shape index (κ3) is 4.16. The van der Waals surface area contributed by atoms with Gasteiger partial charge in [-0.2, -0.15) is 0 Å². The number of anilines is 2. The Bertz CT molecular complexity index is 1180. The van der Waals surface area contributed by atoms with E-state index < -0.39 is 18.1 Å². The van der Waals surface area contributed by atoms with E-state index in [2.05, 4.69) is 10.2 Å². The van der Waals surface area contributed by atoms with Crippen LogP contribution in [0.1, 0.15) is 0 Å². The van der Waals surface area contributed by atoms with Crippen molar-refractivity contribution in [3.63, 3.8) is 0 Å². The van der Waals surface area contributed by atoms with Crippen LogP contribution in [0.3, 0.4) is 0 Å². The van der Waals surface area contributed by atoms with E-state index in [0.29, 0.717) is 42.5 Å². The highest BCUT2D eigenvalue weighted by molar-refractivity contribution is 6.30. The topological polar surface area (TPSA) is 85.4 Å². The summed E-state index contributed by atoms with van der Waals surface area (Å²) in [6, 6.07) is 12.4. The standard InChI is InChI=1S/C25H26ClN5O4/c1-28-15-20(21-22(28)24(33)31(25(34)27-21)18-5-3-16(26)4-6-18)23(32)30-13-11-29(12-14-30)17-7-9-19(35-2)10-8-17/h3-10,15,21-22H,11-14H2,1-2H3,(H,27,34). The second-order valence-electron chi connectivity index (χ2n) is 8.75. The molecule has 2 aromatic carbocycles. The fourth-order valence-electron chi connectivity index (χ4n) is 4.85. The van der Waals surface area contributed by atoms with Gasteiger partial charge in [-0.15, -0.1) is 0 Å². The number of hydrogen-bond acceptors (Lipinski definition) is 6. The van der Waals surface area contributed by atoms with Gasteiger partial charge in [0.15, 0.2) is 0 Å². The molecule has 4 amide bonds. The molecule has 0 spiro atoms. The van der Waals surface area contributed by atoms with E-state index in [1.165, 1.54) is 0 Å². The smallest absolute Gasteiger partial charge is 0.329 e. The molecule has 3 heterocycles. The SMILES string of the molecule is COc1ccc(N2CCN(C(=O)C3=CN(C)C4C(=O)N(c5ccc(Cl)cc5)C(=O)NC34)CC2)cc1. The Labute approximate surface area is 208 Å². The number of nitrogens with zero attached hydrogens (tertiary/aromatic N) is 4. The lowest BCUT2D eigenvalue weighted by atomic mass is 9.98. The van der Waals surface area contributed by atoms with Gasteiger partial charge in [-0.3, -0.25) is 9.59 Å². The molecule has 2 unspecified atom stereocenters. The normalized spacial score (nSPS) is 22.1. The molecule has 2 fully saturated rings. The number of fused-ring (bicyclic) bond motifs is 1. The zero-order valence-electron chi connectivity index (χ0n) is 19.5. The molecule has 5 rings (SSSR count). The second-order valence-corrected chi connectivity index (χ2v) is 9.19. The molecule has 9 nitrogen and oxygen atoms in total. The molecule has 3 aliphatic rings. The highest BCUT2D eigenvalue weighted by atomic mass is 35.5. The van der Waals surface area contributed by atoms with E-state index in [9.17, 15) is 14.4 Å². The van der Waals surface area contributed by atoms with E-state index in [1.54, 1.807) is 54.4 Å². The van der Waals surface area contributed by atoms with Crippen molar-refractivity contribution in [1.82, 2.24) is 15.1 Å². The Morgan fingerprint density at radius 3 is 2.23 bits per heavy atom. The minimum atomic E-state index is -0.698. The number of hydrogen-bond donors (Lipinski definition) is 1. The van der Waals surface area contributed by atoms with Crippen molar-refractivity contribution in [3.8, 4) is 5.75 Å². The number of likely N-dealkylation sites (N-methyl/N-ethyl adjacent to an activating group) is 1. The summed E-state index contributed by atoms with van der Waals surface area (Å²) in [7, 11) is 3.38. The minimum Gasteiger partial charge on any atom is -0.497 e. The molecule has 0 aromatic heterocycles. The number of piperazine rings is 1. The zero-order chi connectivity index (χ0) is 24.7. The van der Waals surface area contributed by atoms with E-state index in [4.69, 9.17) is 16.3 Å². The highest BCUT2D eigenvalue weighted by Crippen LogP contribution is 2.31. The molecule has 10 heteroatoms. The van der Waals surface area contributed by atoms with Gasteiger partial charge in [-0.25, -0.2) is 9.69 Å². The first kappa shape index (κ1) is 23.0. The van der Waals surface area contributed by atoms with E-state index in [1.807, 2.05) is 24.3 Å². The maximum absolute atomic E-state index is 13.4. The number of imide groups is 1. The van der Waals surface area contributed by atoms with E-state index in [0.717, 1.165) is 16.3 Å². The summed E-state index contributed by atoms with van der Waals surface area (Å²) in [6.45, 7) is 2.46. The maximum atomic E-state index is 13.4. The van der Waals surface area contributed by atoms with Gasteiger partial charge in [0, 0.05) is 50.1 Å². The molecule has 2 atom stereocenters. The summed E-state index contributed by atoms with van der Waals surface area (Å²) in [6.07, 6.45) is 1.68. The number of halogens is 1. The summed E-state index contributed by atoms with van der Waals surface area (Å²) < 4.78 is 5.22. The Morgan fingerprint density at radius 2 is 1.60 bits per heavy atom. The Hall–Kier alpha value is -3.72. The first-order valence-corrected chi connectivity index (χ1v) is 11.8.